The van der Waals surface area contributed by atoms with Crippen molar-refractivity contribution in [2.24, 2.45) is 17.6 Å². The van der Waals surface area contributed by atoms with Crippen LogP contribution in [0, 0.1) is 11.8 Å². The predicted molar refractivity (Wildman–Crippen MR) is 56.1 cm³/mol. The minimum Gasteiger partial charge on any atom is -0.327 e. The molecule has 0 rings (SSSR count). The molecule has 0 aromatic heterocycles. The summed E-state index contributed by atoms with van der Waals surface area (Å²) in [7, 11) is 0. The smallest absolute Gasteiger partial charge is 0.00694 e. The first-order valence-corrected chi connectivity index (χ1v) is 5.41. The van der Waals surface area contributed by atoms with E-state index in [-0.39, 0.29) is 0 Å². The number of hydrogen-bond donors (Lipinski definition) is 1. The molecule has 2 atom stereocenters. The van der Waals surface area contributed by atoms with E-state index in [0.29, 0.717) is 6.04 Å². The highest BCUT2D eigenvalue weighted by Gasteiger charge is 2.15. The summed E-state index contributed by atoms with van der Waals surface area (Å²) < 4.78 is 0. The lowest BCUT2D eigenvalue weighted by molar-refractivity contribution is 0.331. The molecule has 1 nitrogen and oxygen atoms in total. The van der Waals surface area contributed by atoms with Crippen LogP contribution in [0.2, 0.25) is 0 Å². The molecule has 0 saturated heterocycles. The van der Waals surface area contributed by atoms with Gasteiger partial charge in [0.15, 0.2) is 0 Å². The molecule has 12 heavy (non-hydrogen) atoms. The molecule has 1 heteroatoms. The Morgan fingerprint density at radius 1 is 1.00 bits per heavy atom. The fourth-order valence-electron chi connectivity index (χ4n) is 1.72. The zero-order valence-corrected chi connectivity index (χ0v) is 9.14. The SMILES string of the molecule is CCC(C)CC(N)C(CC)CC. The van der Waals surface area contributed by atoms with Crippen LogP contribution in [-0.4, -0.2) is 6.04 Å². The molecule has 74 valence electrons. The molecule has 0 spiro atoms. The van der Waals surface area contributed by atoms with E-state index in [4.69, 9.17) is 5.73 Å². The second kappa shape index (κ2) is 6.47. The molecule has 0 aromatic carbocycles. The first-order chi connectivity index (χ1) is 5.65. The molecule has 0 radical (unpaired) electrons. The second-order valence-electron chi connectivity index (χ2n) is 3.99. The van der Waals surface area contributed by atoms with Crippen LogP contribution >= 0.6 is 0 Å². The average molecular weight is 171 g/mol. The van der Waals surface area contributed by atoms with Gasteiger partial charge in [0.2, 0.25) is 0 Å². The number of nitrogens with two attached hydrogens (primary N) is 1. The summed E-state index contributed by atoms with van der Waals surface area (Å²) in [6.45, 7) is 9.02. The van der Waals surface area contributed by atoms with Gasteiger partial charge in [-0.1, -0.05) is 47.0 Å². The Bertz CT molecular complexity index is 97.2. The monoisotopic (exact) mass is 171 g/mol. The van der Waals surface area contributed by atoms with Crippen molar-refractivity contribution in [3.05, 3.63) is 0 Å². The van der Waals surface area contributed by atoms with Crippen molar-refractivity contribution in [1.29, 1.82) is 0 Å². The summed E-state index contributed by atoms with van der Waals surface area (Å²) in [6.07, 6.45) is 4.92. The molecule has 2 unspecified atom stereocenters. The van der Waals surface area contributed by atoms with E-state index < -0.39 is 0 Å². The van der Waals surface area contributed by atoms with Gasteiger partial charge in [0.05, 0.1) is 0 Å². The lowest BCUT2D eigenvalue weighted by Gasteiger charge is -2.23. The number of rotatable bonds is 6. The largest absolute Gasteiger partial charge is 0.327 e. The van der Waals surface area contributed by atoms with E-state index in [1.807, 2.05) is 0 Å². The third kappa shape index (κ3) is 4.10. The third-order valence-electron chi connectivity index (χ3n) is 3.03. The summed E-state index contributed by atoms with van der Waals surface area (Å²) in [4.78, 5) is 0. The van der Waals surface area contributed by atoms with Gasteiger partial charge in [0, 0.05) is 6.04 Å². The highest BCUT2D eigenvalue weighted by Crippen LogP contribution is 2.18. The van der Waals surface area contributed by atoms with Crippen molar-refractivity contribution in [3.63, 3.8) is 0 Å². The summed E-state index contributed by atoms with van der Waals surface area (Å²) >= 11 is 0. The van der Waals surface area contributed by atoms with Gasteiger partial charge in [-0.2, -0.15) is 0 Å². The highest BCUT2D eigenvalue weighted by molar-refractivity contribution is 4.72. The van der Waals surface area contributed by atoms with Crippen molar-refractivity contribution in [2.75, 3.05) is 0 Å². The normalized spacial score (nSPS) is 16.5. The van der Waals surface area contributed by atoms with Crippen LogP contribution in [0.15, 0.2) is 0 Å². The van der Waals surface area contributed by atoms with E-state index in [9.17, 15) is 0 Å². The predicted octanol–water partition coefficient (Wildman–Crippen LogP) is 3.19. The Morgan fingerprint density at radius 2 is 1.50 bits per heavy atom. The van der Waals surface area contributed by atoms with Crippen LogP contribution in [0.4, 0.5) is 0 Å². The minimum absolute atomic E-state index is 0.426. The maximum atomic E-state index is 6.12. The first-order valence-electron chi connectivity index (χ1n) is 5.41. The lowest BCUT2D eigenvalue weighted by atomic mass is 9.87. The van der Waals surface area contributed by atoms with Gasteiger partial charge in [0.25, 0.3) is 0 Å². The molecule has 0 aliphatic rings. The standard InChI is InChI=1S/C11H25N/c1-5-9(4)8-11(12)10(6-2)7-3/h9-11H,5-8,12H2,1-4H3. The van der Waals surface area contributed by atoms with E-state index in [1.165, 1.54) is 25.7 Å². The Hall–Kier alpha value is -0.0400. The zero-order chi connectivity index (χ0) is 9.56. The van der Waals surface area contributed by atoms with Gasteiger partial charge in [-0.25, -0.2) is 0 Å². The molecule has 0 aliphatic heterocycles. The van der Waals surface area contributed by atoms with Crippen molar-refractivity contribution in [1.82, 2.24) is 0 Å². The molecule has 0 bridgehead atoms. The van der Waals surface area contributed by atoms with Crippen LogP contribution < -0.4 is 5.73 Å². The Morgan fingerprint density at radius 3 is 1.83 bits per heavy atom. The van der Waals surface area contributed by atoms with Crippen LogP contribution in [-0.2, 0) is 0 Å². The fourth-order valence-corrected chi connectivity index (χ4v) is 1.72. The van der Waals surface area contributed by atoms with Gasteiger partial charge < -0.3 is 5.73 Å². The maximum absolute atomic E-state index is 6.12. The maximum Gasteiger partial charge on any atom is 0.00694 e. The molecule has 0 fully saturated rings. The summed E-state index contributed by atoms with van der Waals surface area (Å²) in [5.74, 6) is 1.53. The average Bonchev–Trinajstić information content (AvgIpc) is 2.06. The quantitative estimate of drug-likeness (QED) is 0.652. The van der Waals surface area contributed by atoms with E-state index in [0.717, 1.165) is 11.8 Å². The van der Waals surface area contributed by atoms with Gasteiger partial charge in [-0.05, 0) is 18.3 Å². The van der Waals surface area contributed by atoms with E-state index in [2.05, 4.69) is 27.7 Å². The molecule has 0 aromatic rings. The van der Waals surface area contributed by atoms with Crippen LogP contribution in [0.25, 0.3) is 0 Å². The van der Waals surface area contributed by atoms with Gasteiger partial charge >= 0.3 is 0 Å². The summed E-state index contributed by atoms with van der Waals surface area (Å²) in [5, 5.41) is 0. The zero-order valence-electron chi connectivity index (χ0n) is 9.14. The van der Waals surface area contributed by atoms with Crippen molar-refractivity contribution in [3.8, 4) is 0 Å². The molecule has 0 saturated carbocycles. The van der Waals surface area contributed by atoms with Crippen LogP contribution in [0.5, 0.6) is 0 Å². The number of hydrogen-bond acceptors (Lipinski definition) is 1. The molecule has 0 amide bonds. The van der Waals surface area contributed by atoms with Gasteiger partial charge in [-0.15, -0.1) is 0 Å². The Labute approximate surface area is 77.7 Å². The molecular weight excluding hydrogens is 146 g/mol. The van der Waals surface area contributed by atoms with Crippen molar-refractivity contribution in [2.45, 2.75) is 59.4 Å². The van der Waals surface area contributed by atoms with Gasteiger partial charge in [-0.3, -0.25) is 0 Å². The second-order valence-corrected chi connectivity index (χ2v) is 3.99. The summed E-state index contributed by atoms with van der Waals surface area (Å²) in [6, 6.07) is 0.426. The topological polar surface area (TPSA) is 26.0 Å². The highest BCUT2D eigenvalue weighted by atomic mass is 14.6. The lowest BCUT2D eigenvalue weighted by Crippen LogP contribution is -2.31. The van der Waals surface area contributed by atoms with Crippen LogP contribution in [0.1, 0.15) is 53.4 Å². The third-order valence-corrected chi connectivity index (χ3v) is 3.03. The van der Waals surface area contributed by atoms with Crippen molar-refractivity contribution >= 4 is 0 Å². The molecular formula is C11H25N. The van der Waals surface area contributed by atoms with Gasteiger partial charge in [0.1, 0.15) is 0 Å². The van der Waals surface area contributed by atoms with E-state index >= 15 is 0 Å². The first kappa shape index (κ1) is 12.0. The molecule has 2 N–H and O–H groups in total. The minimum atomic E-state index is 0.426. The molecule has 0 heterocycles. The van der Waals surface area contributed by atoms with Crippen molar-refractivity contribution < 1.29 is 0 Å². The van der Waals surface area contributed by atoms with E-state index in [1.54, 1.807) is 0 Å². The Kier molecular flexibility index (Phi) is 6.45. The summed E-state index contributed by atoms with van der Waals surface area (Å²) in [5.41, 5.74) is 6.12. The fraction of sp³-hybridized carbons (Fsp3) is 1.00. The Balaban J connectivity index is 3.75. The molecule has 0 aliphatic carbocycles. The van der Waals surface area contributed by atoms with Crippen LogP contribution in [0.3, 0.4) is 0 Å².